The van der Waals surface area contributed by atoms with Crippen LogP contribution in [0.15, 0.2) is 0 Å². The van der Waals surface area contributed by atoms with Gasteiger partial charge >= 0.3 is 18.1 Å². The van der Waals surface area contributed by atoms with Crippen molar-refractivity contribution in [2.45, 2.75) is 50.5 Å². The molecule has 0 aliphatic rings. The molecular weight excluding hydrogens is 291 g/mol. The third kappa shape index (κ3) is 6.44. The minimum absolute atomic E-state index is 0.151. The number of hydrogen-bond acceptors (Lipinski definition) is 3. The molecule has 1 atom stereocenters. The Hall–Kier alpha value is -0.530. The van der Waals surface area contributed by atoms with E-state index in [0.29, 0.717) is 12.8 Å². The molecular formula is C11H17F5O2S. The van der Waals surface area contributed by atoms with Gasteiger partial charge in [0.15, 0.2) is 0 Å². The highest BCUT2D eigenvalue weighted by Gasteiger charge is 2.56. The van der Waals surface area contributed by atoms with E-state index in [1.54, 1.807) is 13.8 Å². The summed E-state index contributed by atoms with van der Waals surface area (Å²) in [6, 6.07) is 0. The fourth-order valence-electron chi connectivity index (χ4n) is 1.24. The summed E-state index contributed by atoms with van der Waals surface area (Å²) in [6.07, 6.45) is -5.87. The van der Waals surface area contributed by atoms with Gasteiger partial charge < -0.3 is 4.74 Å². The van der Waals surface area contributed by atoms with Crippen LogP contribution in [0.1, 0.15) is 33.1 Å². The zero-order chi connectivity index (χ0) is 15.1. The number of rotatable bonds is 8. The van der Waals surface area contributed by atoms with Gasteiger partial charge in [0.05, 0.1) is 6.61 Å². The molecule has 0 N–H and O–H groups in total. The Balaban J connectivity index is 4.30. The van der Waals surface area contributed by atoms with Gasteiger partial charge in [-0.25, -0.2) is 0 Å². The summed E-state index contributed by atoms with van der Waals surface area (Å²) in [5, 5.41) is -0.686. The molecule has 0 heterocycles. The zero-order valence-electron chi connectivity index (χ0n) is 10.7. The van der Waals surface area contributed by atoms with Gasteiger partial charge in [-0.05, 0) is 13.3 Å². The Morgan fingerprint density at radius 2 is 1.79 bits per heavy atom. The third-order valence-corrected chi connectivity index (χ3v) is 3.52. The molecule has 1 unspecified atom stereocenters. The molecule has 0 aromatic rings. The van der Waals surface area contributed by atoms with Gasteiger partial charge in [0.2, 0.25) is 0 Å². The lowest BCUT2D eigenvalue weighted by Gasteiger charge is -2.20. The average Bonchev–Trinajstić information content (AvgIpc) is 2.26. The largest absolute Gasteiger partial charge is 0.465 e. The number of ether oxygens (including phenoxy) is 1. The first kappa shape index (κ1) is 18.5. The molecule has 0 aromatic heterocycles. The van der Waals surface area contributed by atoms with E-state index in [9.17, 15) is 26.7 Å². The van der Waals surface area contributed by atoms with Crippen LogP contribution in [0.2, 0.25) is 0 Å². The number of alkyl halides is 5. The average molecular weight is 308 g/mol. The molecule has 0 spiro atoms. The van der Waals surface area contributed by atoms with Crippen molar-refractivity contribution in [3.8, 4) is 0 Å². The van der Waals surface area contributed by atoms with Crippen LogP contribution < -0.4 is 0 Å². The molecule has 0 amide bonds. The van der Waals surface area contributed by atoms with Gasteiger partial charge in [0, 0.05) is 12.2 Å². The quantitative estimate of drug-likeness (QED) is 0.500. The lowest BCUT2D eigenvalue weighted by Crippen LogP contribution is -2.37. The summed E-state index contributed by atoms with van der Waals surface area (Å²) in [5.74, 6) is -5.73. The van der Waals surface area contributed by atoms with Crippen LogP contribution in [0, 0.1) is 0 Å². The lowest BCUT2D eigenvalue weighted by atomic mass is 10.2. The Kier molecular flexibility index (Phi) is 7.69. The molecule has 0 radical (unpaired) electrons. The van der Waals surface area contributed by atoms with Crippen LogP contribution in [0.3, 0.4) is 0 Å². The molecule has 19 heavy (non-hydrogen) atoms. The van der Waals surface area contributed by atoms with Crippen LogP contribution in [0.4, 0.5) is 22.0 Å². The van der Waals surface area contributed by atoms with Gasteiger partial charge in [0.1, 0.15) is 5.25 Å². The van der Waals surface area contributed by atoms with Gasteiger partial charge in [-0.15, -0.1) is 11.8 Å². The Bertz CT molecular complexity index is 281. The predicted octanol–water partition coefficient (Wildman–Crippen LogP) is 4.04. The Labute approximate surface area is 113 Å². The second kappa shape index (κ2) is 7.91. The first-order valence-corrected chi connectivity index (χ1v) is 6.93. The highest BCUT2D eigenvalue weighted by Crippen LogP contribution is 2.39. The van der Waals surface area contributed by atoms with Crippen LogP contribution in [-0.4, -0.2) is 35.7 Å². The lowest BCUT2D eigenvalue weighted by molar-refractivity contribution is -0.282. The molecule has 0 aromatic carbocycles. The molecule has 0 rings (SSSR count). The molecule has 114 valence electrons. The minimum Gasteiger partial charge on any atom is -0.465 e. The maximum Gasteiger partial charge on any atom is 0.453 e. The van der Waals surface area contributed by atoms with E-state index in [1.165, 1.54) is 0 Å². The first-order chi connectivity index (χ1) is 8.65. The maximum absolute atomic E-state index is 12.7. The molecule has 0 saturated carbocycles. The molecule has 8 heteroatoms. The zero-order valence-corrected chi connectivity index (χ0v) is 11.5. The topological polar surface area (TPSA) is 26.3 Å². The monoisotopic (exact) mass is 308 g/mol. The van der Waals surface area contributed by atoms with Gasteiger partial charge in [-0.1, -0.05) is 13.3 Å². The van der Waals surface area contributed by atoms with E-state index in [-0.39, 0.29) is 6.61 Å². The van der Waals surface area contributed by atoms with E-state index >= 15 is 0 Å². The van der Waals surface area contributed by atoms with E-state index in [4.69, 9.17) is 4.74 Å². The van der Waals surface area contributed by atoms with Crippen molar-refractivity contribution >= 4 is 17.7 Å². The van der Waals surface area contributed by atoms with Gasteiger partial charge in [-0.3, -0.25) is 4.79 Å². The summed E-state index contributed by atoms with van der Waals surface area (Å²) in [4.78, 5) is 11.4. The number of halogens is 5. The predicted molar refractivity (Wildman–Crippen MR) is 63.4 cm³/mol. The molecule has 0 aliphatic carbocycles. The number of hydrogen-bond donors (Lipinski definition) is 0. The molecule has 0 aliphatic heterocycles. The van der Waals surface area contributed by atoms with E-state index in [0.717, 1.165) is 11.8 Å². The third-order valence-electron chi connectivity index (χ3n) is 2.25. The van der Waals surface area contributed by atoms with Crippen molar-refractivity contribution < 1.29 is 31.5 Å². The second-order valence-electron chi connectivity index (χ2n) is 3.85. The standard InChI is InChI=1S/C11H17F5O2S/c1-3-5-8(9(17)18-4-2)19-7-6-10(12,13)11(14,15)16/h8H,3-7H2,1-2H3. The first-order valence-electron chi connectivity index (χ1n) is 5.88. The van der Waals surface area contributed by atoms with Crippen molar-refractivity contribution in [3.05, 3.63) is 0 Å². The molecule has 0 saturated heterocycles. The normalized spacial score (nSPS) is 14.3. The van der Waals surface area contributed by atoms with Crippen molar-refractivity contribution in [1.82, 2.24) is 0 Å². The SMILES string of the molecule is CCCC(SCCC(F)(F)C(F)(F)F)C(=O)OCC. The summed E-state index contributed by atoms with van der Waals surface area (Å²) in [7, 11) is 0. The number of thioether (sulfide) groups is 1. The second-order valence-corrected chi connectivity index (χ2v) is 5.16. The fourth-order valence-corrected chi connectivity index (χ4v) is 2.50. The minimum atomic E-state index is -5.54. The Morgan fingerprint density at radius 1 is 1.21 bits per heavy atom. The summed E-state index contributed by atoms with van der Waals surface area (Å²) in [5.41, 5.74) is 0. The van der Waals surface area contributed by atoms with E-state index in [1.807, 2.05) is 0 Å². The number of esters is 1. The van der Waals surface area contributed by atoms with E-state index in [2.05, 4.69) is 0 Å². The van der Waals surface area contributed by atoms with Crippen molar-refractivity contribution in [3.63, 3.8) is 0 Å². The highest BCUT2D eigenvalue weighted by molar-refractivity contribution is 8.00. The van der Waals surface area contributed by atoms with Gasteiger partial charge in [-0.2, -0.15) is 22.0 Å². The van der Waals surface area contributed by atoms with Crippen LogP contribution in [-0.2, 0) is 9.53 Å². The summed E-state index contributed by atoms with van der Waals surface area (Å²) in [6.45, 7) is 3.54. The van der Waals surface area contributed by atoms with Crippen molar-refractivity contribution in [2.24, 2.45) is 0 Å². The van der Waals surface area contributed by atoms with Gasteiger partial charge in [0.25, 0.3) is 0 Å². The van der Waals surface area contributed by atoms with E-state index < -0.39 is 35.5 Å². The number of carbonyl (C=O) groups is 1. The van der Waals surface area contributed by atoms with Crippen LogP contribution in [0.5, 0.6) is 0 Å². The maximum atomic E-state index is 12.7. The fraction of sp³-hybridized carbons (Fsp3) is 0.909. The summed E-state index contributed by atoms with van der Waals surface area (Å²) < 4.78 is 65.9. The molecule has 0 bridgehead atoms. The molecule has 2 nitrogen and oxygen atoms in total. The molecule has 0 fully saturated rings. The van der Waals surface area contributed by atoms with Crippen LogP contribution in [0.25, 0.3) is 0 Å². The number of carbonyl (C=O) groups excluding carboxylic acids is 1. The van der Waals surface area contributed by atoms with Crippen molar-refractivity contribution in [2.75, 3.05) is 12.4 Å². The summed E-state index contributed by atoms with van der Waals surface area (Å²) >= 11 is 0.783. The Morgan fingerprint density at radius 3 is 2.21 bits per heavy atom. The highest BCUT2D eigenvalue weighted by atomic mass is 32.2. The smallest absolute Gasteiger partial charge is 0.453 e. The van der Waals surface area contributed by atoms with Crippen molar-refractivity contribution in [1.29, 1.82) is 0 Å². The van der Waals surface area contributed by atoms with Crippen LogP contribution >= 0.6 is 11.8 Å².